The van der Waals surface area contributed by atoms with E-state index in [4.69, 9.17) is 0 Å². The number of nitrogens with zero attached hydrogens (tertiary/aromatic N) is 4. The number of aryl methyl sites for hydroxylation is 1. The average Bonchev–Trinajstić information content (AvgIpc) is 3.15. The van der Waals surface area contributed by atoms with Crippen LogP contribution in [0, 0.1) is 6.92 Å². The fourth-order valence-corrected chi connectivity index (χ4v) is 2.84. The molecule has 8 nitrogen and oxygen atoms in total. The first-order valence-corrected chi connectivity index (χ1v) is 7.90. The second kappa shape index (κ2) is 6.25. The zero-order valence-corrected chi connectivity index (χ0v) is 13.8. The number of amides is 1. The van der Waals surface area contributed by atoms with Gasteiger partial charge < -0.3 is 0 Å². The third-order valence-corrected chi connectivity index (χ3v) is 4.02. The number of aromatic amines is 1. The molecule has 8 heteroatoms. The summed E-state index contributed by atoms with van der Waals surface area (Å²) in [5, 5.41) is 15.3. The molecule has 4 rings (SSSR count). The summed E-state index contributed by atoms with van der Waals surface area (Å²) in [6.45, 7) is 1.99. The van der Waals surface area contributed by atoms with Gasteiger partial charge in [0.2, 0.25) is 5.95 Å². The second-order valence-corrected chi connectivity index (χ2v) is 5.81. The standard InChI is InChI=1S/C18H14N6O2/c1-11-5-4-6-12(9-11)13-10-14(16(25)19-18-20-22-23-21-18)17(26)24-8-3-2-7-15(13)24/h2-10H,1H3,(H2,19,20,21,22,23,25). The van der Waals surface area contributed by atoms with E-state index >= 15 is 0 Å². The van der Waals surface area contributed by atoms with Gasteiger partial charge in [-0.25, -0.2) is 5.10 Å². The molecule has 0 aliphatic carbocycles. The fourth-order valence-electron chi connectivity index (χ4n) is 2.84. The van der Waals surface area contributed by atoms with Crippen LogP contribution in [-0.2, 0) is 0 Å². The number of aromatic nitrogens is 5. The lowest BCUT2D eigenvalue weighted by Crippen LogP contribution is -2.26. The van der Waals surface area contributed by atoms with Crippen molar-refractivity contribution in [2.45, 2.75) is 6.92 Å². The zero-order valence-electron chi connectivity index (χ0n) is 13.8. The van der Waals surface area contributed by atoms with Crippen LogP contribution in [0.1, 0.15) is 15.9 Å². The van der Waals surface area contributed by atoms with E-state index in [9.17, 15) is 9.59 Å². The third-order valence-electron chi connectivity index (χ3n) is 4.02. The number of benzene rings is 1. The van der Waals surface area contributed by atoms with Crippen molar-refractivity contribution < 1.29 is 4.79 Å². The normalized spacial score (nSPS) is 10.8. The number of fused-ring (bicyclic) bond motifs is 1. The molecule has 0 unspecified atom stereocenters. The van der Waals surface area contributed by atoms with Crippen molar-refractivity contribution in [2.24, 2.45) is 0 Å². The van der Waals surface area contributed by atoms with Gasteiger partial charge in [0.25, 0.3) is 11.5 Å². The molecule has 0 spiro atoms. The largest absolute Gasteiger partial charge is 0.289 e. The van der Waals surface area contributed by atoms with Gasteiger partial charge in [-0.05, 0) is 41.1 Å². The van der Waals surface area contributed by atoms with E-state index < -0.39 is 11.5 Å². The van der Waals surface area contributed by atoms with Crippen LogP contribution in [0.2, 0.25) is 0 Å². The maximum atomic E-state index is 12.8. The number of carbonyl (C=O) groups excluding carboxylic acids is 1. The summed E-state index contributed by atoms with van der Waals surface area (Å²) in [4.78, 5) is 25.4. The minimum absolute atomic E-state index is 0.00149. The maximum absolute atomic E-state index is 12.8. The van der Waals surface area contributed by atoms with Crippen LogP contribution in [0.15, 0.2) is 59.5 Å². The van der Waals surface area contributed by atoms with Crippen molar-refractivity contribution >= 4 is 17.4 Å². The number of nitrogens with one attached hydrogen (secondary N) is 2. The molecule has 0 radical (unpaired) electrons. The van der Waals surface area contributed by atoms with Gasteiger partial charge in [-0.3, -0.25) is 19.3 Å². The highest BCUT2D eigenvalue weighted by Crippen LogP contribution is 2.25. The van der Waals surface area contributed by atoms with Crippen LogP contribution < -0.4 is 10.9 Å². The molecule has 0 aliphatic rings. The minimum Gasteiger partial charge on any atom is -0.289 e. The Morgan fingerprint density at radius 2 is 2.04 bits per heavy atom. The van der Waals surface area contributed by atoms with E-state index in [0.29, 0.717) is 0 Å². The Balaban J connectivity index is 1.93. The summed E-state index contributed by atoms with van der Waals surface area (Å²) in [5.41, 5.74) is 3.10. The highest BCUT2D eigenvalue weighted by atomic mass is 16.2. The fraction of sp³-hybridized carbons (Fsp3) is 0.0556. The predicted octanol–water partition coefficient (Wildman–Crippen LogP) is 2.04. The van der Waals surface area contributed by atoms with E-state index in [0.717, 1.165) is 22.2 Å². The van der Waals surface area contributed by atoms with Gasteiger partial charge in [0.05, 0.1) is 5.52 Å². The van der Waals surface area contributed by atoms with Crippen molar-refractivity contribution in [3.8, 4) is 11.1 Å². The Hall–Kier alpha value is -3.81. The van der Waals surface area contributed by atoms with Crippen LogP contribution in [0.5, 0.6) is 0 Å². The number of carbonyl (C=O) groups is 1. The van der Waals surface area contributed by atoms with Crippen molar-refractivity contribution in [3.63, 3.8) is 0 Å². The Bertz CT molecular complexity index is 1160. The molecular weight excluding hydrogens is 332 g/mol. The Labute approximate surface area is 147 Å². The quantitative estimate of drug-likeness (QED) is 0.590. The molecule has 1 aromatic carbocycles. The molecule has 0 aliphatic heterocycles. The van der Waals surface area contributed by atoms with Gasteiger partial charge in [0, 0.05) is 11.8 Å². The lowest BCUT2D eigenvalue weighted by Gasteiger charge is -2.11. The number of rotatable bonds is 3. The average molecular weight is 346 g/mol. The molecule has 26 heavy (non-hydrogen) atoms. The summed E-state index contributed by atoms with van der Waals surface area (Å²) in [6, 6.07) is 14.9. The maximum Gasteiger partial charge on any atom is 0.267 e. The van der Waals surface area contributed by atoms with Gasteiger partial charge in [-0.15, -0.1) is 0 Å². The molecule has 0 atom stereocenters. The van der Waals surface area contributed by atoms with Gasteiger partial charge in [0.15, 0.2) is 0 Å². The molecule has 0 saturated heterocycles. The Morgan fingerprint density at radius 1 is 1.15 bits per heavy atom. The monoisotopic (exact) mass is 346 g/mol. The summed E-state index contributed by atoms with van der Waals surface area (Å²) in [6.07, 6.45) is 1.64. The van der Waals surface area contributed by atoms with Crippen LogP contribution in [-0.4, -0.2) is 30.9 Å². The number of tetrazole rings is 1. The van der Waals surface area contributed by atoms with E-state index in [-0.39, 0.29) is 11.5 Å². The number of hydrogen-bond acceptors (Lipinski definition) is 5. The molecule has 3 aromatic heterocycles. The van der Waals surface area contributed by atoms with E-state index in [1.54, 1.807) is 18.3 Å². The van der Waals surface area contributed by atoms with Crippen LogP contribution >= 0.6 is 0 Å². The first kappa shape index (κ1) is 15.7. The predicted molar refractivity (Wildman–Crippen MR) is 96.0 cm³/mol. The zero-order chi connectivity index (χ0) is 18.1. The second-order valence-electron chi connectivity index (χ2n) is 5.81. The van der Waals surface area contributed by atoms with Gasteiger partial charge in [-0.1, -0.05) is 41.0 Å². The number of hydrogen-bond donors (Lipinski definition) is 2. The van der Waals surface area contributed by atoms with E-state index in [1.165, 1.54) is 4.40 Å². The first-order valence-electron chi connectivity index (χ1n) is 7.90. The van der Waals surface area contributed by atoms with Crippen LogP contribution in [0.4, 0.5) is 5.95 Å². The van der Waals surface area contributed by atoms with Crippen molar-refractivity contribution in [2.75, 3.05) is 5.32 Å². The van der Waals surface area contributed by atoms with Gasteiger partial charge >= 0.3 is 0 Å². The molecule has 0 fully saturated rings. The molecule has 128 valence electrons. The third kappa shape index (κ3) is 2.73. The van der Waals surface area contributed by atoms with Crippen molar-refractivity contribution in [1.82, 2.24) is 25.0 Å². The number of anilines is 1. The molecule has 0 bridgehead atoms. The van der Waals surface area contributed by atoms with Gasteiger partial charge in [0.1, 0.15) is 5.56 Å². The lowest BCUT2D eigenvalue weighted by atomic mass is 10.0. The molecular formula is C18H14N6O2. The minimum atomic E-state index is -0.583. The highest BCUT2D eigenvalue weighted by Gasteiger charge is 2.17. The Kier molecular flexibility index (Phi) is 3.77. The number of pyridine rings is 2. The van der Waals surface area contributed by atoms with Crippen LogP contribution in [0.3, 0.4) is 0 Å². The van der Waals surface area contributed by atoms with E-state index in [2.05, 4.69) is 25.9 Å². The van der Waals surface area contributed by atoms with E-state index in [1.807, 2.05) is 43.3 Å². The highest BCUT2D eigenvalue weighted by molar-refractivity contribution is 6.04. The molecule has 2 N–H and O–H groups in total. The van der Waals surface area contributed by atoms with Gasteiger partial charge in [-0.2, -0.15) is 0 Å². The summed E-state index contributed by atoms with van der Waals surface area (Å²) < 4.78 is 1.46. The summed E-state index contributed by atoms with van der Waals surface area (Å²) in [7, 11) is 0. The molecule has 1 amide bonds. The first-order chi connectivity index (χ1) is 12.6. The summed E-state index contributed by atoms with van der Waals surface area (Å²) in [5.74, 6) is -0.509. The smallest absolute Gasteiger partial charge is 0.267 e. The van der Waals surface area contributed by atoms with Crippen molar-refractivity contribution in [1.29, 1.82) is 0 Å². The SMILES string of the molecule is Cc1cccc(-c2cc(C(=O)Nc3nnn[nH]3)c(=O)n3ccccc23)c1. The van der Waals surface area contributed by atoms with Crippen LogP contribution in [0.25, 0.3) is 16.6 Å². The topological polar surface area (TPSA) is 105 Å². The summed E-state index contributed by atoms with van der Waals surface area (Å²) >= 11 is 0. The Morgan fingerprint density at radius 3 is 2.81 bits per heavy atom. The number of H-pyrrole nitrogens is 1. The molecule has 4 aromatic rings. The lowest BCUT2D eigenvalue weighted by molar-refractivity contribution is 0.102. The van der Waals surface area contributed by atoms with Crippen molar-refractivity contribution in [3.05, 3.63) is 76.2 Å². The molecule has 3 heterocycles. The molecule has 0 saturated carbocycles.